The van der Waals surface area contributed by atoms with Gasteiger partial charge in [0.15, 0.2) is 0 Å². The van der Waals surface area contributed by atoms with Gasteiger partial charge in [0, 0.05) is 11.9 Å². The number of rotatable bonds is 6. The zero-order valence-corrected chi connectivity index (χ0v) is 15.8. The molecule has 140 valence electrons. The van der Waals surface area contributed by atoms with Crippen molar-refractivity contribution in [3.05, 3.63) is 70.6 Å². The van der Waals surface area contributed by atoms with E-state index in [1.54, 1.807) is 30.3 Å². The van der Waals surface area contributed by atoms with Gasteiger partial charge >= 0.3 is 0 Å². The first kappa shape index (κ1) is 18.6. The third-order valence-corrected chi connectivity index (χ3v) is 4.75. The van der Waals surface area contributed by atoms with Crippen molar-refractivity contribution in [2.24, 2.45) is 0 Å². The number of nitrogens with zero attached hydrogens (tertiary/aromatic N) is 3. The molecule has 3 aromatic rings. The van der Waals surface area contributed by atoms with Crippen LogP contribution in [0.25, 0.3) is 10.8 Å². The van der Waals surface area contributed by atoms with Crippen LogP contribution in [0, 0.1) is 0 Å². The highest BCUT2D eigenvalue weighted by Crippen LogP contribution is 2.24. The van der Waals surface area contributed by atoms with Crippen LogP contribution in [0.15, 0.2) is 59.5 Å². The summed E-state index contributed by atoms with van der Waals surface area (Å²) in [5.41, 5.74) is 0.718. The molecule has 0 saturated heterocycles. The number of likely N-dealkylation sites (N-methyl/N-ethyl adjacent to an activating group) is 1. The molecule has 1 amide bonds. The van der Waals surface area contributed by atoms with Gasteiger partial charge in [0.2, 0.25) is 5.91 Å². The number of hydrogen-bond acceptors (Lipinski definition) is 4. The van der Waals surface area contributed by atoms with Gasteiger partial charge in [0.05, 0.1) is 24.7 Å². The van der Waals surface area contributed by atoms with Crippen molar-refractivity contribution in [1.29, 1.82) is 0 Å². The van der Waals surface area contributed by atoms with Crippen molar-refractivity contribution in [3.63, 3.8) is 0 Å². The van der Waals surface area contributed by atoms with E-state index >= 15 is 0 Å². The van der Waals surface area contributed by atoms with E-state index in [1.165, 1.54) is 4.68 Å². The monoisotopic (exact) mass is 365 g/mol. The minimum absolute atomic E-state index is 0.0915. The van der Waals surface area contributed by atoms with E-state index in [0.717, 1.165) is 16.7 Å². The lowest BCUT2D eigenvalue weighted by molar-refractivity contribution is -0.134. The predicted molar refractivity (Wildman–Crippen MR) is 105 cm³/mol. The van der Waals surface area contributed by atoms with Crippen LogP contribution in [-0.2, 0) is 11.3 Å². The molecular weight excluding hydrogens is 342 g/mol. The molecule has 0 aliphatic rings. The first-order valence-corrected chi connectivity index (χ1v) is 8.93. The van der Waals surface area contributed by atoms with Crippen LogP contribution < -0.4 is 10.3 Å². The summed E-state index contributed by atoms with van der Waals surface area (Å²) in [6.45, 7) is 4.32. The van der Waals surface area contributed by atoms with Gasteiger partial charge in [-0.3, -0.25) is 9.59 Å². The van der Waals surface area contributed by atoms with Crippen molar-refractivity contribution >= 4 is 16.7 Å². The number of aromatic nitrogens is 2. The normalized spacial score (nSPS) is 12.0. The topological polar surface area (TPSA) is 64.4 Å². The number of benzene rings is 2. The van der Waals surface area contributed by atoms with E-state index in [1.807, 2.05) is 50.2 Å². The summed E-state index contributed by atoms with van der Waals surface area (Å²) in [4.78, 5) is 27.2. The van der Waals surface area contributed by atoms with E-state index in [4.69, 9.17) is 4.74 Å². The highest BCUT2D eigenvalue weighted by atomic mass is 16.5. The molecule has 1 aromatic heterocycles. The molecule has 6 heteroatoms. The Morgan fingerprint density at radius 3 is 2.74 bits per heavy atom. The minimum Gasteiger partial charge on any atom is -0.497 e. The number of hydrogen-bond donors (Lipinski definition) is 0. The molecule has 0 aliphatic carbocycles. The molecule has 1 heterocycles. The van der Waals surface area contributed by atoms with Gasteiger partial charge in [-0.2, -0.15) is 5.10 Å². The summed E-state index contributed by atoms with van der Waals surface area (Å²) in [6, 6.07) is 14.7. The molecule has 0 bridgehead atoms. The Morgan fingerprint density at radius 2 is 2.00 bits per heavy atom. The smallest absolute Gasteiger partial charge is 0.275 e. The fourth-order valence-electron chi connectivity index (χ4n) is 3.21. The van der Waals surface area contributed by atoms with Crippen LogP contribution in [-0.4, -0.2) is 34.2 Å². The first-order chi connectivity index (χ1) is 13.0. The fraction of sp³-hybridized carbons (Fsp3) is 0.286. The second-order valence-electron chi connectivity index (χ2n) is 6.33. The lowest BCUT2D eigenvalue weighted by Gasteiger charge is -2.28. The maximum absolute atomic E-state index is 12.9. The molecule has 0 aliphatic heterocycles. The van der Waals surface area contributed by atoms with Gasteiger partial charge in [-0.1, -0.05) is 30.3 Å². The summed E-state index contributed by atoms with van der Waals surface area (Å²) < 4.78 is 6.50. The largest absolute Gasteiger partial charge is 0.497 e. The summed E-state index contributed by atoms with van der Waals surface area (Å²) in [7, 11) is 1.62. The second kappa shape index (κ2) is 8.03. The van der Waals surface area contributed by atoms with Gasteiger partial charge in [-0.05, 0) is 37.6 Å². The molecule has 0 spiro atoms. The predicted octanol–water partition coefficient (Wildman–Crippen LogP) is 3.01. The molecule has 0 N–H and O–H groups in total. The van der Waals surface area contributed by atoms with E-state index in [2.05, 4.69) is 5.10 Å². The molecule has 1 atom stereocenters. The maximum atomic E-state index is 12.9. The number of fused-ring (bicyclic) bond motifs is 1. The highest BCUT2D eigenvalue weighted by Gasteiger charge is 2.21. The van der Waals surface area contributed by atoms with Gasteiger partial charge in [0.25, 0.3) is 5.56 Å². The van der Waals surface area contributed by atoms with Crippen LogP contribution >= 0.6 is 0 Å². The Balaban J connectivity index is 1.85. The van der Waals surface area contributed by atoms with Crippen molar-refractivity contribution < 1.29 is 9.53 Å². The molecule has 0 saturated carbocycles. The Morgan fingerprint density at radius 1 is 1.22 bits per heavy atom. The number of carbonyl (C=O) groups excluding carboxylic acids is 1. The summed E-state index contributed by atoms with van der Waals surface area (Å²) in [6.07, 6.45) is 1.62. The Bertz CT molecular complexity index is 1010. The van der Waals surface area contributed by atoms with Gasteiger partial charge in [-0.15, -0.1) is 0 Å². The van der Waals surface area contributed by atoms with E-state index in [9.17, 15) is 9.59 Å². The Labute approximate surface area is 158 Å². The zero-order chi connectivity index (χ0) is 19.4. The van der Waals surface area contributed by atoms with E-state index in [0.29, 0.717) is 11.9 Å². The fourth-order valence-corrected chi connectivity index (χ4v) is 3.21. The number of amides is 1. The third kappa shape index (κ3) is 3.84. The SMILES string of the molecule is CCN(C(=O)Cn1ncc2ccccc2c1=O)C(C)c1cccc(OC)c1. The summed E-state index contributed by atoms with van der Waals surface area (Å²) in [5, 5.41) is 5.49. The van der Waals surface area contributed by atoms with Gasteiger partial charge < -0.3 is 9.64 Å². The van der Waals surface area contributed by atoms with Crippen LogP contribution in [0.1, 0.15) is 25.5 Å². The Kier molecular flexibility index (Phi) is 5.54. The molecule has 2 aromatic carbocycles. The summed E-state index contributed by atoms with van der Waals surface area (Å²) in [5.74, 6) is 0.591. The number of carbonyl (C=O) groups is 1. The minimum atomic E-state index is -0.258. The Hall–Kier alpha value is -3.15. The standard InChI is InChI=1S/C21H23N3O3/c1-4-23(15(2)16-9-7-10-18(12-16)27-3)20(25)14-24-21(26)19-11-6-5-8-17(19)13-22-24/h5-13,15H,4,14H2,1-3H3. The van der Waals surface area contributed by atoms with Gasteiger partial charge in [-0.25, -0.2) is 4.68 Å². The van der Waals surface area contributed by atoms with Crippen molar-refractivity contribution in [2.45, 2.75) is 26.4 Å². The lowest BCUT2D eigenvalue weighted by Crippen LogP contribution is -2.38. The van der Waals surface area contributed by atoms with Crippen molar-refractivity contribution in [1.82, 2.24) is 14.7 Å². The lowest BCUT2D eigenvalue weighted by atomic mass is 10.1. The van der Waals surface area contributed by atoms with Crippen LogP contribution in [0.4, 0.5) is 0 Å². The summed E-state index contributed by atoms with van der Waals surface area (Å²) >= 11 is 0. The van der Waals surface area contributed by atoms with E-state index in [-0.39, 0.29) is 24.1 Å². The third-order valence-electron chi connectivity index (χ3n) is 4.75. The number of methoxy groups -OCH3 is 1. The van der Waals surface area contributed by atoms with Crippen molar-refractivity contribution in [2.75, 3.05) is 13.7 Å². The molecule has 0 fully saturated rings. The maximum Gasteiger partial charge on any atom is 0.275 e. The van der Waals surface area contributed by atoms with Crippen LogP contribution in [0.3, 0.4) is 0 Å². The molecule has 3 rings (SSSR count). The second-order valence-corrected chi connectivity index (χ2v) is 6.33. The highest BCUT2D eigenvalue weighted by molar-refractivity contribution is 5.81. The molecule has 0 radical (unpaired) electrons. The molecule has 27 heavy (non-hydrogen) atoms. The quantitative estimate of drug-likeness (QED) is 0.674. The first-order valence-electron chi connectivity index (χ1n) is 8.93. The average Bonchev–Trinajstić information content (AvgIpc) is 2.70. The van der Waals surface area contributed by atoms with Crippen molar-refractivity contribution in [3.8, 4) is 5.75 Å². The average molecular weight is 365 g/mol. The molecule has 6 nitrogen and oxygen atoms in total. The number of ether oxygens (including phenoxy) is 1. The van der Waals surface area contributed by atoms with E-state index < -0.39 is 0 Å². The van der Waals surface area contributed by atoms with Gasteiger partial charge in [0.1, 0.15) is 12.3 Å². The molecular formula is C21H23N3O3. The zero-order valence-electron chi connectivity index (χ0n) is 15.8. The van der Waals surface area contributed by atoms with Crippen LogP contribution in [0.2, 0.25) is 0 Å². The van der Waals surface area contributed by atoms with Crippen LogP contribution in [0.5, 0.6) is 5.75 Å². The molecule has 1 unspecified atom stereocenters.